The van der Waals surface area contributed by atoms with E-state index in [-0.39, 0.29) is 11.2 Å². The molecule has 1 heterocycles. The molecule has 1 aromatic rings. The van der Waals surface area contributed by atoms with Crippen LogP contribution < -0.4 is 4.72 Å². The fourth-order valence-electron chi connectivity index (χ4n) is 2.84. The lowest BCUT2D eigenvalue weighted by Gasteiger charge is -2.28. The summed E-state index contributed by atoms with van der Waals surface area (Å²) in [5, 5.41) is 4.26. The van der Waals surface area contributed by atoms with Gasteiger partial charge in [0, 0.05) is 12.0 Å². The first-order chi connectivity index (χ1) is 9.08. The smallest absolute Gasteiger partial charge is 0.211 e. The van der Waals surface area contributed by atoms with Crippen molar-refractivity contribution in [1.82, 2.24) is 4.72 Å². The van der Waals surface area contributed by atoms with E-state index in [1.165, 1.54) is 18.4 Å². The standard InChI is InChI=1S/C14H23NO2S2/c1-2-3-10-19(16,17)15-12-14(7-4-5-8-14)13-6-9-18-11-13/h6,9,11,15H,2-5,7-8,10,12H2,1H3. The monoisotopic (exact) mass is 301 g/mol. The van der Waals surface area contributed by atoms with E-state index in [0.717, 1.165) is 25.7 Å². The number of sulfonamides is 1. The van der Waals surface area contributed by atoms with Crippen molar-refractivity contribution in [1.29, 1.82) is 0 Å². The molecular formula is C14H23NO2S2. The molecule has 5 heteroatoms. The molecule has 3 nitrogen and oxygen atoms in total. The fraction of sp³-hybridized carbons (Fsp3) is 0.714. The molecule has 0 saturated heterocycles. The third-order valence-electron chi connectivity index (χ3n) is 4.09. The maximum atomic E-state index is 11.9. The van der Waals surface area contributed by atoms with Gasteiger partial charge in [0.2, 0.25) is 10.0 Å². The number of hydrogen-bond donors (Lipinski definition) is 1. The first-order valence-corrected chi connectivity index (χ1v) is 9.67. The molecule has 0 atom stereocenters. The molecule has 0 aliphatic heterocycles. The van der Waals surface area contributed by atoms with Crippen molar-refractivity contribution < 1.29 is 8.42 Å². The van der Waals surface area contributed by atoms with Crippen LogP contribution in [0.1, 0.15) is 51.0 Å². The third kappa shape index (κ3) is 3.80. The summed E-state index contributed by atoms with van der Waals surface area (Å²) in [6, 6.07) is 2.15. The molecule has 0 aromatic carbocycles. The molecule has 1 fully saturated rings. The molecule has 1 aromatic heterocycles. The number of unbranched alkanes of at least 4 members (excludes halogenated alkanes) is 1. The van der Waals surface area contributed by atoms with Crippen LogP contribution in [0.3, 0.4) is 0 Å². The van der Waals surface area contributed by atoms with E-state index in [4.69, 9.17) is 0 Å². The van der Waals surface area contributed by atoms with E-state index in [1.807, 2.05) is 6.92 Å². The van der Waals surface area contributed by atoms with Gasteiger partial charge in [0.1, 0.15) is 0 Å². The molecule has 0 radical (unpaired) electrons. The summed E-state index contributed by atoms with van der Waals surface area (Å²) in [6.45, 7) is 2.58. The summed E-state index contributed by atoms with van der Waals surface area (Å²) >= 11 is 1.69. The second-order valence-electron chi connectivity index (χ2n) is 5.49. The van der Waals surface area contributed by atoms with Gasteiger partial charge in [0.25, 0.3) is 0 Å². The SMILES string of the molecule is CCCCS(=O)(=O)NCC1(c2ccsc2)CCCC1. The zero-order valence-electron chi connectivity index (χ0n) is 11.5. The summed E-state index contributed by atoms with van der Waals surface area (Å²) in [5.74, 6) is 0.253. The van der Waals surface area contributed by atoms with Crippen LogP contribution in [-0.4, -0.2) is 20.7 Å². The molecule has 19 heavy (non-hydrogen) atoms. The number of rotatable bonds is 7. The Morgan fingerprint density at radius 2 is 2.11 bits per heavy atom. The zero-order valence-corrected chi connectivity index (χ0v) is 13.2. The maximum absolute atomic E-state index is 11.9. The molecule has 1 N–H and O–H groups in total. The molecule has 0 amide bonds. The van der Waals surface area contributed by atoms with Crippen LogP contribution in [0.2, 0.25) is 0 Å². The first-order valence-electron chi connectivity index (χ1n) is 7.08. The predicted molar refractivity (Wildman–Crippen MR) is 81.2 cm³/mol. The van der Waals surface area contributed by atoms with E-state index < -0.39 is 10.0 Å². The zero-order chi connectivity index (χ0) is 13.8. The van der Waals surface area contributed by atoms with Crippen molar-refractivity contribution in [2.45, 2.75) is 50.9 Å². The summed E-state index contributed by atoms with van der Waals surface area (Å²) in [6.07, 6.45) is 6.25. The van der Waals surface area contributed by atoms with Gasteiger partial charge in [0.05, 0.1) is 5.75 Å². The number of nitrogens with one attached hydrogen (secondary N) is 1. The Morgan fingerprint density at radius 3 is 2.68 bits per heavy atom. The fourth-order valence-corrected chi connectivity index (χ4v) is 4.93. The lowest BCUT2D eigenvalue weighted by molar-refractivity contribution is 0.433. The molecule has 2 rings (SSSR count). The normalized spacial score (nSPS) is 18.8. The summed E-state index contributed by atoms with van der Waals surface area (Å²) < 4.78 is 26.7. The maximum Gasteiger partial charge on any atom is 0.211 e. The minimum Gasteiger partial charge on any atom is -0.214 e. The van der Waals surface area contributed by atoms with E-state index in [9.17, 15) is 8.42 Å². The van der Waals surface area contributed by atoms with Crippen LogP contribution in [-0.2, 0) is 15.4 Å². The quantitative estimate of drug-likeness (QED) is 0.840. The van der Waals surface area contributed by atoms with Gasteiger partial charge in [-0.15, -0.1) is 0 Å². The largest absolute Gasteiger partial charge is 0.214 e. The molecule has 0 unspecified atom stereocenters. The van der Waals surface area contributed by atoms with Crippen molar-refractivity contribution in [2.24, 2.45) is 0 Å². The topological polar surface area (TPSA) is 46.2 Å². The van der Waals surface area contributed by atoms with Gasteiger partial charge in [-0.1, -0.05) is 26.2 Å². The lowest BCUT2D eigenvalue weighted by Crippen LogP contribution is -2.39. The highest BCUT2D eigenvalue weighted by molar-refractivity contribution is 7.89. The Bertz CT molecular complexity index is 474. The molecule has 1 saturated carbocycles. The van der Waals surface area contributed by atoms with Gasteiger partial charge in [-0.05, 0) is 41.7 Å². The van der Waals surface area contributed by atoms with Crippen molar-refractivity contribution in [3.63, 3.8) is 0 Å². The average Bonchev–Trinajstić information content (AvgIpc) is 3.05. The van der Waals surface area contributed by atoms with Gasteiger partial charge in [0.15, 0.2) is 0 Å². The van der Waals surface area contributed by atoms with E-state index in [0.29, 0.717) is 6.54 Å². The van der Waals surface area contributed by atoms with E-state index >= 15 is 0 Å². The van der Waals surface area contributed by atoms with Crippen LogP contribution in [0.4, 0.5) is 0 Å². The Labute approximate surface area is 120 Å². The highest BCUT2D eigenvalue weighted by Crippen LogP contribution is 2.41. The van der Waals surface area contributed by atoms with Gasteiger partial charge >= 0.3 is 0 Å². The predicted octanol–water partition coefficient (Wildman–Crippen LogP) is 3.28. The van der Waals surface area contributed by atoms with Gasteiger partial charge in [-0.3, -0.25) is 0 Å². The second-order valence-corrected chi connectivity index (χ2v) is 8.20. The Hall–Kier alpha value is -0.390. The summed E-state index contributed by atoms with van der Waals surface area (Å²) in [5.41, 5.74) is 1.35. The average molecular weight is 301 g/mol. The van der Waals surface area contributed by atoms with Crippen LogP contribution in [0.5, 0.6) is 0 Å². The van der Waals surface area contributed by atoms with Gasteiger partial charge < -0.3 is 0 Å². The summed E-state index contributed by atoms with van der Waals surface area (Å²) in [4.78, 5) is 0. The van der Waals surface area contributed by atoms with Gasteiger partial charge in [-0.25, -0.2) is 13.1 Å². The van der Waals surface area contributed by atoms with Crippen LogP contribution in [0.25, 0.3) is 0 Å². The minimum atomic E-state index is -3.11. The first kappa shape index (κ1) is 15.0. The molecule has 0 bridgehead atoms. The lowest BCUT2D eigenvalue weighted by atomic mass is 9.81. The van der Waals surface area contributed by atoms with E-state index in [2.05, 4.69) is 21.5 Å². The molecule has 0 spiro atoms. The molecule has 1 aliphatic carbocycles. The highest BCUT2D eigenvalue weighted by atomic mass is 32.2. The van der Waals surface area contributed by atoms with Crippen molar-refractivity contribution in [3.05, 3.63) is 22.4 Å². The number of hydrogen-bond acceptors (Lipinski definition) is 3. The van der Waals surface area contributed by atoms with Crippen molar-refractivity contribution >= 4 is 21.4 Å². The minimum absolute atomic E-state index is 0.0410. The number of thiophene rings is 1. The van der Waals surface area contributed by atoms with Gasteiger partial charge in [-0.2, -0.15) is 11.3 Å². The molecule has 108 valence electrons. The van der Waals surface area contributed by atoms with Crippen molar-refractivity contribution in [2.75, 3.05) is 12.3 Å². The van der Waals surface area contributed by atoms with Crippen LogP contribution >= 0.6 is 11.3 Å². The van der Waals surface area contributed by atoms with E-state index in [1.54, 1.807) is 11.3 Å². The van der Waals surface area contributed by atoms with Crippen LogP contribution in [0, 0.1) is 0 Å². The Balaban J connectivity index is 2.03. The second kappa shape index (κ2) is 6.37. The summed E-state index contributed by atoms with van der Waals surface area (Å²) in [7, 11) is -3.11. The molecular weight excluding hydrogens is 278 g/mol. The third-order valence-corrected chi connectivity index (χ3v) is 6.18. The Morgan fingerprint density at radius 1 is 1.37 bits per heavy atom. The highest BCUT2D eigenvalue weighted by Gasteiger charge is 2.36. The Kier molecular flexibility index (Phi) is 5.03. The molecule has 1 aliphatic rings. The van der Waals surface area contributed by atoms with Crippen LogP contribution in [0.15, 0.2) is 16.8 Å². The van der Waals surface area contributed by atoms with Crippen molar-refractivity contribution in [3.8, 4) is 0 Å².